The highest BCUT2D eigenvalue weighted by atomic mass is 79.9. The molecule has 1 aromatic carbocycles. The number of rotatable bonds is 4. The minimum Gasteiger partial charge on any atom is -0.493 e. The molecule has 0 fully saturated rings. The second-order valence-electron chi connectivity index (χ2n) is 2.75. The molecule has 0 radical (unpaired) electrons. The topological polar surface area (TPSA) is 38.7 Å². The van der Waals surface area contributed by atoms with Gasteiger partial charge in [0.2, 0.25) is 0 Å². The van der Waals surface area contributed by atoms with Crippen molar-refractivity contribution in [3.05, 3.63) is 22.2 Å². The lowest BCUT2D eigenvalue weighted by molar-refractivity contribution is 0.294. The highest BCUT2D eigenvalue weighted by Crippen LogP contribution is 2.37. The van der Waals surface area contributed by atoms with E-state index in [1.807, 2.05) is 12.1 Å². The zero-order valence-corrected chi connectivity index (χ0v) is 9.80. The number of hydrogen-bond acceptors (Lipinski definition) is 3. The van der Waals surface area contributed by atoms with Crippen LogP contribution >= 0.6 is 15.9 Å². The number of benzene rings is 1. The summed E-state index contributed by atoms with van der Waals surface area (Å²) in [4.78, 5) is 0. The minimum atomic E-state index is 0.0984. The number of aliphatic hydroxyl groups excluding tert-OH is 1. The Hall–Kier alpha value is -0.740. The van der Waals surface area contributed by atoms with E-state index < -0.39 is 0 Å². The first-order valence-electron chi connectivity index (χ1n) is 4.24. The van der Waals surface area contributed by atoms with Gasteiger partial charge in [-0.05, 0) is 28.4 Å². The van der Waals surface area contributed by atoms with Crippen LogP contribution in [0.4, 0.5) is 0 Å². The Balaban J connectivity index is 3.18. The Kier molecular flexibility index (Phi) is 4.22. The van der Waals surface area contributed by atoms with Gasteiger partial charge in [-0.1, -0.05) is 6.07 Å². The molecule has 0 atom stereocenters. The summed E-state index contributed by atoms with van der Waals surface area (Å²) in [6.07, 6.45) is 0.562. The normalized spacial score (nSPS) is 10.0. The molecule has 78 valence electrons. The zero-order valence-electron chi connectivity index (χ0n) is 8.21. The van der Waals surface area contributed by atoms with Gasteiger partial charge in [0.15, 0.2) is 11.5 Å². The Morgan fingerprint density at radius 2 is 1.86 bits per heavy atom. The molecule has 1 rings (SSSR count). The van der Waals surface area contributed by atoms with Crippen molar-refractivity contribution in [3.63, 3.8) is 0 Å². The molecule has 0 aliphatic rings. The molecular formula is C10H13BrO3. The highest BCUT2D eigenvalue weighted by molar-refractivity contribution is 9.10. The first-order chi connectivity index (χ1) is 6.74. The molecule has 0 saturated carbocycles. The van der Waals surface area contributed by atoms with Crippen LogP contribution in [-0.4, -0.2) is 25.9 Å². The van der Waals surface area contributed by atoms with Gasteiger partial charge in [0, 0.05) is 12.2 Å². The molecule has 0 amide bonds. The van der Waals surface area contributed by atoms with Crippen LogP contribution in [0, 0.1) is 0 Å². The molecule has 4 heteroatoms. The van der Waals surface area contributed by atoms with Crippen LogP contribution in [0.1, 0.15) is 5.56 Å². The zero-order chi connectivity index (χ0) is 10.6. The molecule has 3 nitrogen and oxygen atoms in total. The number of ether oxygens (including phenoxy) is 2. The van der Waals surface area contributed by atoms with Gasteiger partial charge in [0.1, 0.15) is 0 Å². The van der Waals surface area contributed by atoms with Crippen molar-refractivity contribution in [2.24, 2.45) is 0 Å². The Bertz CT molecular complexity index is 312. The molecule has 0 unspecified atom stereocenters. The predicted octanol–water partition coefficient (Wildman–Crippen LogP) is 2.00. The highest BCUT2D eigenvalue weighted by Gasteiger charge is 2.12. The molecule has 0 aromatic heterocycles. The van der Waals surface area contributed by atoms with Crippen LogP contribution in [0.25, 0.3) is 0 Å². The first-order valence-corrected chi connectivity index (χ1v) is 5.04. The van der Waals surface area contributed by atoms with Crippen molar-refractivity contribution in [3.8, 4) is 11.5 Å². The van der Waals surface area contributed by atoms with Crippen molar-refractivity contribution in [2.45, 2.75) is 6.42 Å². The van der Waals surface area contributed by atoms with Crippen LogP contribution in [0.15, 0.2) is 16.6 Å². The average molecular weight is 261 g/mol. The summed E-state index contributed by atoms with van der Waals surface area (Å²) >= 11 is 3.37. The van der Waals surface area contributed by atoms with E-state index in [1.54, 1.807) is 14.2 Å². The molecule has 0 bridgehead atoms. The third-order valence-corrected chi connectivity index (χ3v) is 2.56. The lowest BCUT2D eigenvalue weighted by Gasteiger charge is -2.13. The van der Waals surface area contributed by atoms with E-state index in [0.717, 1.165) is 10.0 Å². The lowest BCUT2D eigenvalue weighted by atomic mass is 10.1. The smallest absolute Gasteiger partial charge is 0.175 e. The molecule has 0 spiro atoms. The van der Waals surface area contributed by atoms with Gasteiger partial charge in [-0.25, -0.2) is 0 Å². The maximum absolute atomic E-state index is 8.86. The number of halogens is 1. The second kappa shape index (κ2) is 5.22. The van der Waals surface area contributed by atoms with Crippen LogP contribution in [0.3, 0.4) is 0 Å². The summed E-state index contributed by atoms with van der Waals surface area (Å²) in [7, 11) is 3.18. The molecule has 1 N–H and O–H groups in total. The maximum Gasteiger partial charge on any atom is 0.175 e. The molecule has 0 heterocycles. The van der Waals surface area contributed by atoms with E-state index in [1.165, 1.54) is 0 Å². The monoisotopic (exact) mass is 260 g/mol. The number of methoxy groups -OCH3 is 2. The Morgan fingerprint density at radius 1 is 1.21 bits per heavy atom. The van der Waals surface area contributed by atoms with Crippen LogP contribution in [0.2, 0.25) is 0 Å². The fourth-order valence-electron chi connectivity index (χ4n) is 1.31. The quantitative estimate of drug-likeness (QED) is 0.900. The van der Waals surface area contributed by atoms with Gasteiger partial charge in [-0.3, -0.25) is 0 Å². The molecule has 14 heavy (non-hydrogen) atoms. The lowest BCUT2D eigenvalue weighted by Crippen LogP contribution is -1.99. The number of aliphatic hydroxyl groups is 1. The van der Waals surface area contributed by atoms with Gasteiger partial charge >= 0.3 is 0 Å². The average Bonchev–Trinajstić information content (AvgIpc) is 2.20. The van der Waals surface area contributed by atoms with Gasteiger partial charge < -0.3 is 14.6 Å². The first kappa shape index (κ1) is 11.3. The van der Waals surface area contributed by atoms with E-state index in [-0.39, 0.29) is 6.61 Å². The molecule has 0 aliphatic carbocycles. The Morgan fingerprint density at radius 3 is 2.36 bits per heavy atom. The predicted molar refractivity (Wildman–Crippen MR) is 58.0 cm³/mol. The fraction of sp³-hybridized carbons (Fsp3) is 0.400. The van der Waals surface area contributed by atoms with E-state index >= 15 is 0 Å². The Labute approximate surface area is 91.8 Å². The fourth-order valence-corrected chi connectivity index (χ4v) is 1.78. The molecule has 0 saturated heterocycles. The molecule has 0 aliphatic heterocycles. The summed E-state index contributed by atoms with van der Waals surface area (Å²) in [5.41, 5.74) is 0.940. The van der Waals surface area contributed by atoms with E-state index in [0.29, 0.717) is 17.9 Å². The number of hydrogen-bond donors (Lipinski definition) is 1. The largest absolute Gasteiger partial charge is 0.493 e. The van der Waals surface area contributed by atoms with Crippen molar-refractivity contribution in [1.82, 2.24) is 0 Å². The van der Waals surface area contributed by atoms with E-state index in [4.69, 9.17) is 14.6 Å². The summed E-state index contributed by atoms with van der Waals surface area (Å²) in [5.74, 6) is 1.34. The van der Waals surface area contributed by atoms with E-state index in [9.17, 15) is 0 Å². The summed E-state index contributed by atoms with van der Waals surface area (Å²) in [6, 6.07) is 3.79. The maximum atomic E-state index is 8.86. The summed E-state index contributed by atoms with van der Waals surface area (Å²) in [5, 5.41) is 8.86. The van der Waals surface area contributed by atoms with Crippen molar-refractivity contribution in [1.29, 1.82) is 0 Å². The SMILES string of the molecule is COc1c(Br)ccc(CCO)c1OC. The van der Waals surface area contributed by atoms with Crippen LogP contribution in [-0.2, 0) is 6.42 Å². The van der Waals surface area contributed by atoms with Crippen molar-refractivity contribution < 1.29 is 14.6 Å². The van der Waals surface area contributed by atoms with Crippen molar-refractivity contribution >= 4 is 15.9 Å². The molecular weight excluding hydrogens is 248 g/mol. The summed E-state index contributed by atoms with van der Waals surface area (Å²) in [6.45, 7) is 0.0984. The van der Waals surface area contributed by atoms with Gasteiger partial charge in [-0.2, -0.15) is 0 Å². The minimum absolute atomic E-state index is 0.0984. The van der Waals surface area contributed by atoms with E-state index in [2.05, 4.69) is 15.9 Å². The van der Waals surface area contributed by atoms with Gasteiger partial charge in [0.25, 0.3) is 0 Å². The van der Waals surface area contributed by atoms with Crippen LogP contribution in [0.5, 0.6) is 11.5 Å². The third-order valence-electron chi connectivity index (χ3n) is 1.94. The standard InChI is InChI=1S/C10H13BrO3/c1-13-9-7(5-6-12)3-4-8(11)10(9)14-2/h3-4,12H,5-6H2,1-2H3. The van der Waals surface area contributed by atoms with Crippen molar-refractivity contribution in [2.75, 3.05) is 20.8 Å². The third kappa shape index (κ3) is 2.19. The second-order valence-corrected chi connectivity index (χ2v) is 3.60. The molecule has 1 aromatic rings. The summed E-state index contributed by atoms with van der Waals surface area (Å²) < 4.78 is 11.3. The van der Waals surface area contributed by atoms with Crippen LogP contribution < -0.4 is 9.47 Å². The van der Waals surface area contributed by atoms with Gasteiger partial charge in [-0.15, -0.1) is 0 Å². The van der Waals surface area contributed by atoms with Gasteiger partial charge in [0.05, 0.1) is 18.7 Å².